The smallest absolute Gasteiger partial charge is 0.0415 e. The van der Waals surface area contributed by atoms with Crippen molar-refractivity contribution in [3.05, 3.63) is 53.9 Å². The van der Waals surface area contributed by atoms with Crippen molar-refractivity contribution in [3.63, 3.8) is 0 Å². The molecular weight excluding hydrogens is 220 g/mol. The summed E-state index contributed by atoms with van der Waals surface area (Å²) in [6.07, 6.45) is 6.66. The van der Waals surface area contributed by atoms with Gasteiger partial charge in [-0.2, -0.15) is 0 Å². The van der Waals surface area contributed by atoms with Gasteiger partial charge in [-0.25, -0.2) is 0 Å². The SMILES string of the molecule is CCCc1ccccc1NCc1ccn(CC)c1. The van der Waals surface area contributed by atoms with Crippen LogP contribution in [-0.4, -0.2) is 4.57 Å². The van der Waals surface area contributed by atoms with E-state index >= 15 is 0 Å². The Morgan fingerprint density at radius 2 is 1.94 bits per heavy atom. The molecule has 1 N–H and O–H groups in total. The van der Waals surface area contributed by atoms with E-state index in [0.29, 0.717) is 0 Å². The number of hydrogen-bond donors (Lipinski definition) is 1. The maximum atomic E-state index is 3.54. The Morgan fingerprint density at radius 3 is 2.67 bits per heavy atom. The number of aryl methyl sites for hydroxylation is 2. The molecule has 0 aliphatic rings. The zero-order valence-corrected chi connectivity index (χ0v) is 11.3. The quantitative estimate of drug-likeness (QED) is 0.808. The number of nitrogens with one attached hydrogen (secondary N) is 1. The lowest BCUT2D eigenvalue weighted by Gasteiger charge is -2.10. The van der Waals surface area contributed by atoms with Gasteiger partial charge in [-0.1, -0.05) is 31.5 Å². The fourth-order valence-corrected chi connectivity index (χ4v) is 2.17. The summed E-state index contributed by atoms with van der Waals surface area (Å²) in [4.78, 5) is 0. The molecule has 2 aromatic rings. The Balaban J connectivity index is 2.01. The average molecular weight is 242 g/mol. The lowest BCUT2D eigenvalue weighted by atomic mass is 10.1. The van der Waals surface area contributed by atoms with Gasteiger partial charge < -0.3 is 9.88 Å². The van der Waals surface area contributed by atoms with Gasteiger partial charge in [-0.05, 0) is 36.6 Å². The molecule has 0 spiro atoms. The molecule has 0 bridgehead atoms. The van der Waals surface area contributed by atoms with Gasteiger partial charge in [0.25, 0.3) is 0 Å². The summed E-state index contributed by atoms with van der Waals surface area (Å²) in [5.41, 5.74) is 4.02. The lowest BCUT2D eigenvalue weighted by molar-refractivity contribution is 0.766. The van der Waals surface area contributed by atoms with E-state index in [4.69, 9.17) is 0 Å². The number of anilines is 1. The van der Waals surface area contributed by atoms with E-state index in [0.717, 1.165) is 19.5 Å². The van der Waals surface area contributed by atoms with Crippen molar-refractivity contribution >= 4 is 5.69 Å². The second-order valence-electron chi connectivity index (χ2n) is 4.61. The normalized spacial score (nSPS) is 10.6. The Hall–Kier alpha value is -1.70. The first kappa shape index (κ1) is 12.7. The summed E-state index contributed by atoms with van der Waals surface area (Å²) in [5, 5.41) is 3.54. The maximum Gasteiger partial charge on any atom is 0.0415 e. The van der Waals surface area contributed by atoms with Gasteiger partial charge in [0.15, 0.2) is 0 Å². The van der Waals surface area contributed by atoms with Crippen molar-refractivity contribution in [3.8, 4) is 0 Å². The van der Waals surface area contributed by atoms with Crippen LogP contribution in [-0.2, 0) is 19.5 Å². The minimum absolute atomic E-state index is 0.897. The van der Waals surface area contributed by atoms with Crippen LogP contribution in [0.25, 0.3) is 0 Å². The number of aromatic nitrogens is 1. The molecule has 2 rings (SSSR count). The van der Waals surface area contributed by atoms with Crippen molar-refractivity contribution in [1.29, 1.82) is 0 Å². The average Bonchev–Trinajstić information content (AvgIpc) is 2.86. The van der Waals surface area contributed by atoms with E-state index in [1.54, 1.807) is 0 Å². The first-order valence-electron chi connectivity index (χ1n) is 6.80. The number of rotatable bonds is 6. The summed E-state index contributed by atoms with van der Waals surface area (Å²) < 4.78 is 2.20. The van der Waals surface area contributed by atoms with E-state index in [1.807, 2.05) is 0 Å². The van der Waals surface area contributed by atoms with E-state index in [2.05, 4.69) is 66.5 Å². The molecule has 0 unspecified atom stereocenters. The van der Waals surface area contributed by atoms with Gasteiger partial charge in [0.1, 0.15) is 0 Å². The highest BCUT2D eigenvalue weighted by Crippen LogP contribution is 2.17. The standard InChI is InChI=1S/C16H22N2/c1-3-7-15-8-5-6-9-16(15)17-12-14-10-11-18(4-2)13-14/h5-6,8-11,13,17H,3-4,7,12H2,1-2H3. The van der Waals surface area contributed by atoms with E-state index in [-0.39, 0.29) is 0 Å². The molecule has 2 heteroatoms. The zero-order valence-electron chi connectivity index (χ0n) is 11.3. The molecule has 0 saturated carbocycles. The summed E-state index contributed by atoms with van der Waals surface area (Å²) in [7, 11) is 0. The molecule has 0 amide bonds. The van der Waals surface area contributed by atoms with Crippen LogP contribution in [0.15, 0.2) is 42.7 Å². The van der Waals surface area contributed by atoms with Crippen molar-refractivity contribution in [2.24, 2.45) is 0 Å². The second kappa shape index (κ2) is 6.29. The summed E-state index contributed by atoms with van der Waals surface area (Å²) in [5.74, 6) is 0. The topological polar surface area (TPSA) is 17.0 Å². The fourth-order valence-electron chi connectivity index (χ4n) is 2.17. The molecule has 0 saturated heterocycles. The molecular formula is C16H22N2. The number of benzene rings is 1. The summed E-state index contributed by atoms with van der Waals surface area (Å²) >= 11 is 0. The third-order valence-electron chi connectivity index (χ3n) is 3.20. The van der Waals surface area contributed by atoms with Crippen molar-refractivity contribution in [1.82, 2.24) is 4.57 Å². The van der Waals surface area contributed by atoms with Gasteiger partial charge in [-0.3, -0.25) is 0 Å². The third-order valence-corrected chi connectivity index (χ3v) is 3.20. The lowest BCUT2D eigenvalue weighted by Crippen LogP contribution is -2.01. The van der Waals surface area contributed by atoms with Crippen molar-refractivity contribution in [2.75, 3.05) is 5.32 Å². The Labute approximate surface area is 110 Å². The van der Waals surface area contributed by atoms with Crippen LogP contribution in [0.2, 0.25) is 0 Å². The monoisotopic (exact) mass is 242 g/mol. The first-order valence-corrected chi connectivity index (χ1v) is 6.80. The minimum atomic E-state index is 0.897. The van der Waals surface area contributed by atoms with Crippen LogP contribution < -0.4 is 5.32 Å². The molecule has 1 aromatic carbocycles. The molecule has 0 fully saturated rings. The second-order valence-corrected chi connectivity index (χ2v) is 4.61. The van der Waals surface area contributed by atoms with Gasteiger partial charge in [0.2, 0.25) is 0 Å². The predicted octanol–water partition coefficient (Wildman–Crippen LogP) is 4.07. The minimum Gasteiger partial charge on any atom is -0.381 e. The Morgan fingerprint density at radius 1 is 1.11 bits per heavy atom. The third kappa shape index (κ3) is 3.16. The number of hydrogen-bond acceptors (Lipinski definition) is 1. The molecule has 0 aliphatic carbocycles. The molecule has 18 heavy (non-hydrogen) atoms. The first-order chi connectivity index (χ1) is 8.83. The molecule has 1 heterocycles. The van der Waals surface area contributed by atoms with Gasteiger partial charge in [0, 0.05) is 31.2 Å². The highest BCUT2D eigenvalue weighted by atomic mass is 14.9. The molecule has 0 radical (unpaired) electrons. The van der Waals surface area contributed by atoms with Crippen LogP contribution in [0.3, 0.4) is 0 Å². The van der Waals surface area contributed by atoms with Crippen LogP contribution in [0.5, 0.6) is 0 Å². The largest absolute Gasteiger partial charge is 0.381 e. The molecule has 2 nitrogen and oxygen atoms in total. The predicted molar refractivity (Wildman–Crippen MR) is 77.9 cm³/mol. The van der Waals surface area contributed by atoms with Crippen LogP contribution >= 0.6 is 0 Å². The van der Waals surface area contributed by atoms with Crippen LogP contribution in [0.4, 0.5) is 5.69 Å². The summed E-state index contributed by atoms with van der Waals surface area (Å²) in [6, 6.07) is 10.8. The van der Waals surface area contributed by atoms with Gasteiger partial charge in [0.05, 0.1) is 0 Å². The zero-order chi connectivity index (χ0) is 12.8. The molecule has 96 valence electrons. The fraction of sp³-hybridized carbons (Fsp3) is 0.375. The molecule has 0 atom stereocenters. The van der Waals surface area contributed by atoms with Crippen LogP contribution in [0.1, 0.15) is 31.4 Å². The van der Waals surface area contributed by atoms with Gasteiger partial charge >= 0.3 is 0 Å². The summed E-state index contributed by atoms with van der Waals surface area (Å²) in [6.45, 7) is 6.31. The number of para-hydroxylation sites is 1. The van der Waals surface area contributed by atoms with E-state index in [9.17, 15) is 0 Å². The van der Waals surface area contributed by atoms with Crippen LogP contribution in [0, 0.1) is 0 Å². The Kier molecular flexibility index (Phi) is 4.46. The maximum absolute atomic E-state index is 3.54. The van der Waals surface area contributed by atoms with E-state index in [1.165, 1.54) is 23.2 Å². The number of nitrogens with zero attached hydrogens (tertiary/aromatic N) is 1. The molecule has 0 aliphatic heterocycles. The van der Waals surface area contributed by atoms with Crippen molar-refractivity contribution in [2.45, 2.75) is 39.8 Å². The highest BCUT2D eigenvalue weighted by Gasteiger charge is 2.01. The van der Waals surface area contributed by atoms with Crippen molar-refractivity contribution < 1.29 is 0 Å². The van der Waals surface area contributed by atoms with E-state index < -0.39 is 0 Å². The molecule has 1 aromatic heterocycles. The van der Waals surface area contributed by atoms with Gasteiger partial charge in [-0.15, -0.1) is 0 Å². The Bertz CT molecular complexity index is 485. The highest BCUT2D eigenvalue weighted by molar-refractivity contribution is 5.51.